The van der Waals surface area contributed by atoms with Crippen LogP contribution < -0.4 is 0 Å². The summed E-state index contributed by atoms with van der Waals surface area (Å²) in [4.78, 5) is 0.611. The van der Waals surface area contributed by atoms with Gasteiger partial charge < -0.3 is 0 Å². The second-order valence-corrected chi connectivity index (χ2v) is 5.00. The number of nitrogens with one attached hydrogen (secondary N) is 1. The first-order valence-electron chi connectivity index (χ1n) is 3.87. The maximum atomic E-state index is 11.3. The van der Waals surface area contributed by atoms with Gasteiger partial charge in [0.05, 0.1) is 9.73 Å². The summed E-state index contributed by atoms with van der Waals surface area (Å²) >= 11 is 0. The molecule has 0 spiro atoms. The lowest BCUT2D eigenvalue weighted by atomic mass is 10.2. The summed E-state index contributed by atoms with van der Waals surface area (Å²) in [5.74, 6) is 0. The van der Waals surface area contributed by atoms with Gasteiger partial charge in [-0.1, -0.05) is 19.1 Å². The van der Waals surface area contributed by atoms with Crippen molar-refractivity contribution in [2.75, 3.05) is 6.26 Å². The van der Waals surface area contributed by atoms with Gasteiger partial charge >= 0.3 is 0 Å². The molecule has 0 heterocycles. The minimum absolute atomic E-state index is 0.611. The molecule has 1 atom stereocenters. The summed E-state index contributed by atoms with van der Waals surface area (Å²) in [5.41, 5.74) is 1.21. The lowest BCUT2D eigenvalue weighted by Crippen LogP contribution is -1.94. The average Bonchev–Trinajstić information content (AvgIpc) is 2.03. The van der Waals surface area contributed by atoms with Crippen molar-refractivity contribution in [2.24, 2.45) is 0 Å². The second kappa shape index (κ2) is 3.27. The van der Waals surface area contributed by atoms with Crippen LogP contribution in [0.1, 0.15) is 12.5 Å². The molecule has 1 aromatic rings. The van der Waals surface area contributed by atoms with Crippen molar-refractivity contribution in [1.29, 1.82) is 4.78 Å². The Labute approximate surface area is 73.6 Å². The fraction of sp³-hybridized carbons (Fsp3) is 0.333. The Kier molecular flexibility index (Phi) is 2.52. The molecule has 0 aliphatic heterocycles. The van der Waals surface area contributed by atoms with E-state index in [-0.39, 0.29) is 0 Å². The molecule has 0 saturated carbocycles. The van der Waals surface area contributed by atoms with E-state index >= 15 is 0 Å². The standard InChI is InChI=1S/C9H13NOS/c1-3-8-4-6-9(7-5-8)12(2,10)11/h4-7,10H,3H2,1-2H3. The lowest BCUT2D eigenvalue weighted by molar-refractivity contribution is 0.679. The van der Waals surface area contributed by atoms with Crippen LogP contribution in [0.15, 0.2) is 29.2 Å². The zero-order valence-electron chi connectivity index (χ0n) is 7.33. The van der Waals surface area contributed by atoms with E-state index in [0.717, 1.165) is 6.42 Å². The summed E-state index contributed by atoms with van der Waals surface area (Å²) in [7, 11) is -2.53. The van der Waals surface area contributed by atoms with Gasteiger partial charge in [0, 0.05) is 11.2 Å². The highest BCUT2D eigenvalue weighted by Gasteiger charge is 2.00. The summed E-state index contributed by atoms with van der Waals surface area (Å²) < 4.78 is 18.6. The number of benzene rings is 1. The van der Waals surface area contributed by atoms with Crippen LogP contribution in [0.4, 0.5) is 0 Å². The molecule has 0 amide bonds. The Hall–Kier alpha value is -0.830. The molecule has 12 heavy (non-hydrogen) atoms. The normalized spacial score (nSPS) is 15.5. The van der Waals surface area contributed by atoms with Crippen LogP contribution in [-0.4, -0.2) is 10.5 Å². The van der Waals surface area contributed by atoms with E-state index in [2.05, 4.69) is 6.92 Å². The van der Waals surface area contributed by atoms with E-state index in [4.69, 9.17) is 4.78 Å². The Morgan fingerprint density at radius 2 is 1.83 bits per heavy atom. The SMILES string of the molecule is CCc1ccc(S(C)(=N)=O)cc1. The first-order chi connectivity index (χ1) is 5.54. The highest BCUT2D eigenvalue weighted by molar-refractivity contribution is 7.91. The van der Waals surface area contributed by atoms with E-state index in [1.807, 2.05) is 12.1 Å². The van der Waals surface area contributed by atoms with Gasteiger partial charge in [0.1, 0.15) is 0 Å². The quantitative estimate of drug-likeness (QED) is 0.750. The van der Waals surface area contributed by atoms with E-state index in [0.29, 0.717) is 4.90 Å². The average molecular weight is 183 g/mol. The maximum absolute atomic E-state index is 11.3. The monoisotopic (exact) mass is 183 g/mol. The van der Waals surface area contributed by atoms with Crippen molar-refractivity contribution in [2.45, 2.75) is 18.2 Å². The van der Waals surface area contributed by atoms with E-state index < -0.39 is 9.73 Å². The van der Waals surface area contributed by atoms with Crippen molar-refractivity contribution < 1.29 is 4.21 Å². The van der Waals surface area contributed by atoms with Crippen molar-refractivity contribution in [1.82, 2.24) is 0 Å². The number of hydrogen-bond acceptors (Lipinski definition) is 2. The van der Waals surface area contributed by atoms with Crippen molar-refractivity contribution in [3.63, 3.8) is 0 Å². The van der Waals surface area contributed by atoms with Crippen molar-refractivity contribution in [3.05, 3.63) is 29.8 Å². The van der Waals surface area contributed by atoms with Crippen LogP contribution in [0.3, 0.4) is 0 Å². The summed E-state index contributed by atoms with van der Waals surface area (Å²) in [5, 5.41) is 0. The van der Waals surface area contributed by atoms with Crippen molar-refractivity contribution >= 4 is 9.73 Å². The first kappa shape index (κ1) is 9.26. The number of rotatable bonds is 2. The Morgan fingerprint density at radius 1 is 1.33 bits per heavy atom. The Balaban J connectivity index is 3.09. The van der Waals surface area contributed by atoms with Gasteiger partial charge in [0.2, 0.25) is 0 Å². The van der Waals surface area contributed by atoms with Crippen LogP contribution in [0.2, 0.25) is 0 Å². The third-order valence-corrected chi connectivity index (χ3v) is 2.95. The van der Waals surface area contributed by atoms with Gasteiger partial charge in [-0.2, -0.15) is 0 Å². The zero-order chi connectivity index (χ0) is 9.19. The highest BCUT2D eigenvalue weighted by atomic mass is 32.2. The number of hydrogen-bond donors (Lipinski definition) is 1. The highest BCUT2D eigenvalue weighted by Crippen LogP contribution is 2.10. The molecule has 0 aliphatic carbocycles. The fourth-order valence-corrected chi connectivity index (χ4v) is 1.64. The molecule has 1 rings (SSSR count). The number of aryl methyl sites for hydroxylation is 1. The summed E-state index contributed by atoms with van der Waals surface area (Å²) in [6.07, 6.45) is 2.41. The molecule has 2 nitrogen and oxygen atoms in total. The molecule has 0 bridgehead atoms. The van der Waals surface area contributed by atoms with E-state index in [1.165, 1.54) is 11.8 Å². The molecule has 66 valence electrons. The molecule has 0 radical (unpaired) electrons. The molecule has 1 unspecified atom stereocenters. The minimum atomic E-state index is -2.53. The third kappa shape index (κ3) is 2.08. The van der Waals surface area contributed by atoms with E-state index in [1.54, 1.807) is 12.1 Å². The lowest BCUT2D eigenvalue weighted by Gasteiger charge is -2.01. The Bertz CT molecular complexity index is 351. The first-order valence-corrected chi connectivity index (χ1v) is 5.83. The Morgan fingerprint density at radius 3 is 2.17 bits per heavy atom. The molecule has 0 aliphatic rings. The van der Waals surface area contributed by atoms with Crippen LogP contribution in [0, 0.1) is 4.78 Å². The maximum Gasteiger partial charge on any atom is 0.0696 e. The zero-order valence-corrected chi connectivity index (χ0v) is 8.15. The molecule has 1 aromatic carbocycles. The van der Waals surface area contributed by atoms with Gasteiger partial charge in [-0.3, -0.25) is 0 Å². The molecule has 0 aromatic heterocycles. The molecular formula is C9H13NOS. The van der Waals surface area contributed by atoms with Crippen LogP contribution >= 0.6 is 0 Å². The van der Waals surface area contributed by atoms with Gasteiger partial charge in [-0.25, -0.2) is 8.99 Å². The molecular weight excluding hydrogens is 170 g/mol. The summed E-state index contributed by atoms with van der Waals surface area (Å²) in [6.45, 7) is 2.07. The molecule has 3 heteroatoms. The minimum Gasteiger partial charge on any atom is -0.249 e. The topological polar surface area (TPSA) is 40.9 Å². The predicted octanol–water partition coefficient (Wildman–Crippen LogP) is 2.28. The second-order valence-electron chi connectivity index (χ2n) is 2.84. The molecule has 1 N–H and O–H groups in total. The van der Waals surface area contributed by atoms with E-state index in [9.17, 15) is 4.21 Å². The van der Waals surface area contributed by atoms with Crippen LogP contribution in [-0.2, 0) is 16.1 Å². The largest absolute Gasteiger partial charge is 0.249 e. The third-order valence-electron chi connectivity index (χ3n) is 1.78. The molecule has 0 saturated heterocycles. The van der Waals surface area contributed by atoms with Gasteiger partial charge in [0.15, 0.2) is 0 Å². The van der Waals surface area contributed by atoms with Gasteiger partial charge in [-0.15, -0.1) is 0 Å². The fourth-order valence-electron chi connectivity index (χ4n) is 0.985. The predicted molar refractivity (Wildman–Crippen MR) is 50.9 cm³/mol. The summed E-state index contributed by atoms with van der Waals surface area (Å²) in [6, 6.07) is 7.39. The molecule has 0 fully saturated rings. The van der Waals surface area contributed by atoms with Gasteiger partial charge in [-0.05, 0) is 24.1 Å². The van der Waals surface area contributed by atoms with Crippen LogP contribution in [0.5, 0.6) is 0 Å². The van der Waals surface area contributed by atoms with Crippen molar-refractivity contribution in [3.8, 4) is 0 Å². The van der Waals surface area contributed by atoms with Crippen LogP contribution in [0.25, 0.3) is 0 Å². The smallest absolute Gasteiger partial charge is 0.0696 e. The van der Waals surface area contributed by atoms with Gasteiger partial charge in [0.25, 0.3) is 0 Å².